The van der Waals surface area contributed by atoms with Crippen LogP contribution in [0.15, 0.2) is 42.6 Å². The van der Waals surface area contributed by atoms with E-state index in [1.54, 1.807) is 34.9 Å². The van der Waals surface area contributed by atoms with Gasteiger partial charge < -0.3 is 14.6 Å². The molecule has 5 nitrogen and oxygen atoms in total. The van der Waals surface area contributed by atoms with Gasteiger partial charge in [0, 0.05) is 25.9 Å². The van der Waals surface area contributed by atoms with Gasteiger partial charge in [-0.3, -0.25) is 9.59 Å². The smallest absolute Gasteiger partial charge is 0.221 e. The number of nitrogens with zero attached hydrogens (tertiary/aromatic N) is 1. The number of aryl methyl sites for hydroxylation is 1. The van der Waals surface area contributed by atoms with Crippen LogP contribution in [0.25, 0.3) is 0 Å². The van der Waals surface area contributed by atoms with Crippen molar-refractivity contribution in [3.8, 4) is 5.75 Å². The fourth-order valence-electron chi connectivity index (χ4n) is 1.81. The number of amides is 1. The summed E-state index contributed by atoms with van der Waals surface area (Å²) in [4.78, 5) is 22.8. The highest BCUT2D eigenvalue weighted by molar-refractivity contribution is 5.95. The second-order valence-electron chi connectivity index (χ2n) is 4.42. The third-order valence-corrected chi connectivity index (χ3v) is 2.77. The summed E-state index contributed by atoms with van der Waals surface area (Å²) < 4.78 is 7.19. The summed E-state index contributed by atoms with van der Waals surface area (Å²) >= 11 is 0. The molecule has 1 heterocycles. The van der Waals surface area contributed by atoms with Gasteiger partial charge in [-0.1, -0.05) is 0 Å². The predicted octanol–water partition coefficient (Wildman–Crippen LogP) is 2.25. The molecule has 0 saturated carbocycles. The molecule has 0 spiro atoms. The van der Waals surface area contributed by atoms with Crippen molar-refractivity contribution in [2.45, 2.75) is 6.92 Å². The molecule has 0 aliphatic rings. The van der Waals surface area contributed by atoms with Crippen LogP contribution >= 0.6 is 0 Å². The Kier molecular flexibility index (Phi) is 4.20. The molecule has 1 aromatic carbocycles. The third kappa shape index (κ3) is 3.47. The SMILES string of the molecule is CC(=O)Nc1ccc(OCC(=O)c2cccn2C)cc1. The summed E-state index contributed by atoms with van der Waals surface area (Å²) in [5.74, 6) is 0.377. The lowest BCUT2D eigenvalue weighted by atomic mass is 10.3. The van der Waals surface area contributed by atoms with Gasteiger partial charge in [-0.2, -0.15) is 0 Å². The van der Waals surface area contributed by atoms with Crippen LogP contribution in [0, 0.1) is 0 Å². The fraction of sp³-hybridized carbons (Fsp3) is 0.200. The first-order valence-corrected chi connectivity index (χ1v) is 6.21. The normalized spacial score (nSPS) is 10.1. The number of nitrogens with one attached hydrogen (secondary N) is 1. The van der Waals surface area contributed by atoms with E-state index in [1.165, 1.54) is 6.92 Å². The minimum atomic E-state index is -0.127. The maximum atomic E-state index is 11.9. The van der Waals surface area contributed by atoms with E-state index in [9.17, 15) is 9.59 Å². The Morgan fingerprint density at radius 1 is 1.20 bits per heavy atom. The van der Waals surface area contributed by atoms with E-state index in [-0.39, 0.29) is 18.3 Å². The molecule has 0 saturated heterocycles. The summed E-state index contributed by atoms with van der Waals surface area (Å²) in [7, 11) is 1.81. The number of carbonyl (C=O) groups excluding carboxylic acids is 2. The van der Waals surface area contributed by atoms with E-state index in [0.29, 0.717) is 17.1 Å². The van der Waals surface area contributed by atoms with Crippen LogP contribution in [-0.2, 0) is 11.8 Å². The largest absolute Gasteiger partial charge is 0.485 e. The van der Waals surface area contributed by atoms with Crippen LogP contribution in [0.3, 0.4) is 0 Å². The van der Waals surface area contributed by atoms with Crippen molar-refractivity contribution in [1.82, 2.24) is 4.57 Å². The van der Waals surface area contributed by atoms with Gasteiger partial charge in [-0.05, 0) is 36.4 Å². The highest BCUT2D eigenvalue weighted by atomic mass is 16.5. The number of aromatic nitrogens is 1. The van der Waals surface area contributed by atoms with E-state index < -0.39 is 0 Å². The number of hydrogen-bond acceptors (Lipinski definition) is 3. The number of benzene rings is 1. The van der Waals surface area contributed by atoms with Crippen molar-refractivity contribution in [2.75, 3.05) is 11.9 Å². The van der Waals surface area contributed by atoms with E-state index in [2.05, 4.69) is 5.32 Å². The van der Waals surface area contributed by atoms with Crippen LogP contribution in [0.5, 0.6) is 5.75 Å². The van der Waals surface area contributed by atoms with Gasteiger partial charge in [0.15, 0.2) is 6.61 Å². The molecule has 1 aromatic heterocycles. The molecule has 2 aromatic rings. The maximum Gasteiger partial charge on any atom is 0.221 e. The summed E-state index contributed by atoms with van der Waals surface area (Å²) in [5.41, 5.74) is 1.30. The molecule has 0 unspecified atom stereocenters. The van der Waals surface area contributed by atoms with Crippen LogP contribution in [0.1, 0.15) is 17.4 Å². The quantitative estimate of drug-likeness (QED) is 0.849. The lowest BCUT2D eigenvalue weighted by Gasteiger charge is -2.07. The maximum absolute atomic E-state index is 11.9. The molecule has 20 heavy (non-hydrogen) atoms. The summed E-state index contributed by atoms with van der Waals surface area (Å²) in [6.07, 6.45) is 1.81. The van der Waals surface area contributed by atoms with E-state index in [1.807, 2.05) is 19.3 Å². The fourth-order valence-corrected chi connectivity index (χ4v) is 1.81. The summed E-state index contributed by atoms with van der Waals surface area (Å²) in [6.45, 7) is 1.43. The van der Waals surface area contributed by atoms with Gasteiger partial charge in [0.1, 0.15) is 5.75 Å². The molecular formula is C15H16N2O3. The summed E-state index contributed by atoms with van der Waals surface area (Å²) in [6, 6.07) is 10.4. The zero-order valence-corrected chi connectivity index (χ0v) is 11.4. The molecule has 1 amide bonds. The Hall–Kier alpha value is -2.56. The molecule has 0 atom stereocenters. The molecule has 0 aliphatic carbocycles. The first-order chi connectivity index (χ1) is 9.56. The first-order valence-electron chi connectivity index (χ1n) is 6.21. The van der Waals surface area contributed by atoms with Gasteiger partial charge in [0.25, 0.3) is 0 Å². The number of ketones is 1. The van der Waals surface area contributed by atoms with Gasteiger partial charge in [0.2, 0.25) is 11.7 Å². The van der Waals surface area contributed by atoms with Crippen LogP contribution < -0.4 is 10.1 Å². The molecular weight excluding hydrogens is 256 g/mol. The first kappa shape index (κ1) is 13.9. The van der Waals surface area contributed by atoms with Crippen molar-refractivity contribution in [3.63, 3.8) is 0 Å². The molecule has 0 fully saturated rings. The van der Waals surface area contributed by atoms with Gasteiger partial charge in [0.05, 0.1) is 5.69 Å². The number of Topliss-reactive ketones (excluding diaryl/α,β-unsaturated/α-hetero) is 1. The highest BCUT2D eigenvalue weighted by Crippen LogP contribution is 2.16. The number of ether oxygens (including phenoxy) is 1. The van der Waals surface area contributed by atoms with Crippen LogP contribution in [0.4, 0.5) is 5.69 Å². The number of carbonyl (C=O) groups is 2. The standard InChI is InChI=1S/C15H16N2O3/c1-11(18)16-12-5-7-13(8-6-12)20-10-15(19)14-4-3-9-17(14)2/h3-9H,10H2,1-2H3,(H,16,18). The zero-order valence-electron chi connectivity index (χ0n) is 11.4. The molecule has 0 bridgehead atoms. The lowest BCUT2D eigenvalue weighted by Crippen LogP contribution is -2.14. The van der Waals surface area contributed by atoms with Gasteiger partial charge in [-0.15, -0.1) is 0 Å². The Balaban J connectivity index is 1.93. The minimum Gasteiger partial charge on any atom is -0.485 e. The summed E-state index contributed by atoms with van der Waals surface area (Å²) in [5, 5.41) is 2.66. The van der Waals surface area contributed by atoms with E-state index in [0.717, 1.165) is 0 Å². The molecule has 5 heteroatoms. The number of rotatable bonds is 5. The topological polar surface area (TPSA) is 60.3 Å². The average Bonchev–Trinajstić information content (AvgIpc) is 2.83. The van der Waals surface area contributed by atoms with E-state index in [4.69, 9.17) is 4.74 Å². The second kappa shape index (κ2) is 6.06. The number of hydrogen-bond donors (Lipinski definition) is 1. The monoisotopic (exact) mass is 272 g/mol. The third-order valence-electron chi connectivity index (χ3n) is 2.77. The van der Waals surface area contributed by atoms with Gasteiger partial charge in [-0.25, -0.2) is 0 Å². The highest BCUT2D eigenvalue weighted by Gasteiger charge is 2.09. The Labute approximate surface area is 117 Å². The van der Waals surface area contributed by atoms with Crippen LogP contribution in [-0.4, -0.2) is 22.9 Å². The number of anilines is 1. The molecule has 1 N–H and O–H groups in total. The van der Waals surface area contributed by atoms with Gasteiger partial charge >= 0.3 is 0 Å². The molecule has 104 valence electrons. The van der Waals surface area contributed by atoms with Crippen molar-refractivity contribution < 1.29 is 14.3 Å². The molecule has 0 radical (unpaired) electrons. The minimum absolute atomic E-state index is 0.0165. The van der Waals surface area contributed by atoms with Crippen molar-refractivity contribution in [1.29, 1.82) is 0 Å². The van der Waals surface area contributed by atoms with Crippen LogP contribution in [0.2, 0.25) is 0 Å². The predicted molar refractivity (Wildman–Crippen MR) is 76.0 cm³/mol. The average molecular weight is 272 g/mol. The Morgan fingerprint density at radius 2 is 1.90 bits per heavy atom. The second-order valence-corrected chi connectivity index (χ2v) is 4.42. The van der Waals surface area contributed by atoms with Crippen molar-refractivity contribution >= 4 is 17.4 Å². The Bertz CT molecular complexity index is 614. The molecule has 0 aliphatic heterocycles. The van der Waals surface area contributed by atoms with Crippen molar-refractivity contribution in [3.05, 3.63) is 48.3 Å². The zero-order chi connectivity index (χ0) is 14.5. The lowest BCUT2D eigenvalue weighted by molar-refractivity contribution is -0.114. The molecule has 2 rings (SSSR count). The Morgan fingerprint density at radius 3 is 2.45 bits per heavy atom. The van der Waals surface area contributed by atoms with Crippen molar-refractivity contribution in [2.24, 2.45) is 7.05 Å². The van der Waals surface area contributed by atoms with E-state index >= 15 is 0 Å².